The molecule has 8 heteroatoms. The van der Waals surface area contributed by atoms with Gasteiger partial charge in [-0.1, -0.05) is 30.3 Å². The van der Waals surface area contributed by atoms with Crippen molar-refractivity contribution in [1.29, 1.82) is 0 Å². The molecule has 0 aliphatic heterocycles. The molecule has 0 aromatic heterocycles. The highest BCUT2D eigenvalue weighted by Gasteiger charge is 2.18. The standard InChI is InChI=1S/C19H26N2O6/c1-23-9-10-24-11-12-25-13-14-26-15-16-27-19(22)18(21-20)8-7-17-5-3-2-4-6-17/h2-8H,9-16H2,1H3/b8-7+. The molecule has 0 fully saturated rings. The third kappa shape index (κ3) is 11.8. The molecule has 0 radical (unpaired) electrons. The summed E-state index contributed by atoms with van der Waals surface area (Å²) in [7, 11) is 1.62. The number of hydrogen-bond donors (Lipinski definition) is 0. The van der Waals surface area contributed by atoms with Crippen molar-refractivity contribution >= 4 is 17.8 Å². The summed E-state index contributed by atoms with van der Waals surface area (Å²) in [5.74, 6) is -0.724. The molecule has 0 bridgehead atoms. The number of benzene rings is 1. The average molecular weight is 378 g/mol. The summed E-state index contributed by atoms with van der Waals surface area (Å²) in [6, 6.07) is 9.33. The molecule has 8 nitrogen and oxygen atoms in total. The molecule has 0 amide bonds. The summed E-state index contributed by atoms with van der Waals surface area (Å²) in [5, 5.41) is 0. The zero-order valence-corrected chi connectivity index (χ0v) is 15.5. The molecule has 0 heterocycles. The lowest BCUT2D eigenvalue weighted by atomic mass is 10.2. The number of ether oxygens (including phenoxy) is 5. The molecule has 0 saturated heterocycles. The van der Waals surface area contributed by atoms with Crippen LogP contribution in [0.5, 0.6) is 0 Å². The zero-order valence-electron chi connectivity index (χ0n) is 15.5. The highest BCUT2D eigenvalue weighted by molar-refractivity contribution is 6.39. The Balaban J connectivity index is 2.06. The minimum Gasteiger partial charge on any atom is -0.454 e. The fraction of sp³-hybridized carbons (Fsp3) is 0.474. The van der Waals surface area contributed by atoms with Gasteiger partial charge in [-0.2, -0.15) is 4.79 Å². The maximum atomic E-state index is 11.8. The topological polar surface area (TPSA) is 99.6 Å². The fourth-order valence-electron chi connectivity index (χ4n) is 1.83. The van der Waals surface area contributed by atoms with Crippen LogP contribution in [0.1, 0.15) is 5.56 Å². The van der Waals surface area contributed by atoms with Crippen LogP contribution in [0.15, 0.2) is 36.4 Å². The van der Waals surface area contributed by atoms with E-state index in [0.717, 1.165) is 5.56 Å². The first-order chi connectivity index (χ1) is 13.3. The third-order valence-corrected chi connectivity index (χ3v) is 3.19. The second-order valence-corrected chi connectivity index (χ2v) is 5.20. The van der Waals surface area contributed by atoms with Crippen LogP contribution >= 0.6 is 0 Å². The second kappa shape index (κ2) is 15.9. The molecule has 0 aliphatic carbocycles. The van der Waals surface area contributed by atoms with Gasteiger partial charge in [0.25, 0.3) is 0 Å². The molecule has 0 N–H and O–H groups in total. The van der Waals surface area contributed by atoms with Gasteiger partial charge in [0.1, 0.15) is 6.61 Å². The molecule has 0 atom stereocenters. The van der Waals surface area contributed by atoms with E-state index in [1.165, 1.54) is 6.08 Å². The Hall–Kier alpha value is -2.35. The number of rotatable bonds is 15. The van der Waals surface area contributed by atoms with Crippen molar-refractivity contribution in [3.63, 3.8) is 0 Å². The normalized spacial score (nSPS) is 10.7. The largest absolute Gasteiger partial charge is 0.454 e. The van der Waals surface area contributed by atoms with E-state index in [1.807, 2.05) is 30.3 Å². The molecule has 0 spiro atoms. The Morgan fingerprint density at radius 2 is 1.48 bits per heavy atom. The zero-order chi connectivity index (χ0) is 19.6. The quantitative estimate of drug-likeness (QED) is 0.151. The highest BCUT2D eigenvalue weighted by Crippen LogP contribution is 2.01. The lowest BCUT2D eigenvalue weighted by Gasteiger charge is -2.06. The minimum absolute atomic E-state index is 0.0527. The van der Waals surface area contributed by atoms with Crippen LogP contribution in [0.25, 0.3) is 11.6 Å². The SMILES string of the molecule is COCCOCCOCCOCCOC(=O)C(/C=C/c1ccccc1)=[N+]=[N-]. The van der Waals surface area contributed by atoms with Gasteiger partial charge in [-0.25, -0.2) is 4.79 Å². The van der Waals surface area contributed by atoms with Crippen LogP contribution in [0.4, 0.5) is 0 Å². The first kappa shape index (κ1) is 22.7. The van der Waals surface area contributed by atoms with E-state index >= 15 is 0 Å². The van der Waals surface area contributed by atoms with Crippen LogP contribution in [0.3, 0.4) is 0 Å². The number of esters is 1. The van der Waals surface area contributed by atoms with Gasteiger partial charge in [-0.05, 0) is 11.6 Å². The monoisotopic (exact) mass is 378 g/mol. The minimum atomic E-state index is -0.724. The molecule has 1 aromatic carbocycles. The van der Waals surface area contributed by atoms with Crippen LogP contribution in [-0.4, -0.2) is 76.4 Å². The van der Waals surface area contributed by atoms with Crippen molar-refractivity contribution in [2.24, 2.45) is 0 Å². The van der Waals surface area contributed by atoms with Gasteiger partial charge in [0.2, 0.25) is 0 Å². The van der Waals surface area contributed by atoms with Gasteiger partial charge < -0.3 is 29.2 Å². The molecule has 148 valence electrons. The summed E-state index contributed by atoms with van der Waals surface area (Å²) in [6.45, 7) is 3.16. The fourth-order valence-corrected chi connectivity index (χ4v) is 1.83. The molecule has 1 aromatic rings. The summed E-state index contributed by atoms with van der Waals surface area (Å²) in [4.78, 5) is 14.8. The Morgan fingerprint density at radius 3 is 2.04 bits per heavy atom. The van der Waals surface area contributed by atoms with E-state index in [2.05, 4.69) is 4.79 Å². The number of carbonyl (C=O) groups is 1. The first-order valence-electron chi connectivity index (χ1n) is 8.62. The Morgan fingerprint density at radius 1 is 0.926 bits per heavy atom. The molecule has 0 saturated carbocycles. The molecule has 1 rings (SSSR count). The highest BCUT2D eigenvalue weighted by atomic mass is 16.6. The van der Waals surface area contributed by atoms with Gasteiger partial charge in [0, 0.05) is 13.2 Å². The van der Waals surface area contributed by atoms with E-state index in [-0.39, 0.29) is 18.9 Å². The van der Waals surface area contributed by atoms with Gasteiger partial charge in [0.15, 0.2) is 0 Å². The Labute approximate surface area is 159 Å². The second-order valence-electron chi connectivity index (χ2n) is 5.20. The van der Waals surface area contributed by atoms with Gasteiger partial charge in [-0.15, -0.1) is 0 Å². The molecule has 27 heavy (non-hydrogen) atoms. The number of methoxy groups -OCH3 is 1. The van der Waals surface area contributed by atoms with Crippen molar-refractivity contribution < 1.29 is 33.3 Å². The number of carbonyl (C=O) groups excluding carboxylic acids is 1. The number of nitrogens with zero attached hydrogens (tertiary/aromatic N) is 2. The molecule has 0 aliphatic rings. The average Bonchev–Trinajstić information content (AvgIpc) is 2.70. The summed E-state index contributed by atoms with van der Waals surface area (Å²) in [5.41, 5.74) is 9.63. The lowest BCUT2D eigenvalue weighted by molar-refractivity contribution is -0.141. The van der Waals surface area contributed by atoms with E-state index in [1.54, 1.807) is 13.2 Å². The summed E-state index contributed by atoms with van der Waals surface area (Å²) < 4.78 is 25.7. The first-order valence-corrected chi connectivity index (χ1v) is 8.62. The molecular weight excluding hydrogens is 352 g/mol. The van der Waals surface area contributed by atoms with Crippen LogP contribution in [-0.2, 0) is 28.5 Å². The van der Waals surface area contributed by atoms with Gasteiger partial charge >= 0.3 is 11.7 Å². The molecule has 0 unspecified atom stereocenters. The van der Waals surface area contributed by atoms with Crippen LogP contribution < -0.4 is 0 Å². The summed E-state index contributed by atoms with van der Waals surface area (Å²) in [6.07, 6.45) is 3.05. The van der Waals surface area contributed by atoms with Gasteiger partial charge in [0.05, 0.1) is 46.2 Å². The van der Waals surface area contributed by atoms with Crippen LogP contribution in [0, 0.1) is 0 Å². The lowest BCUT2D eigenvalue weighted by Crippen LogP contribution is -2.19. The third-order valence-electron chi connectivity index (χ3n) is 3.19. The van der Waals surface area contributed by atoms with Crippen molar-refractivity contribution in [2.45, 2.75) is 0 Å². The predicted molar refractivity (Wildman–Crippen MR) is 99.4 cm³/mol. The maximum Gasteiger partial charge on any atom is 0.421 e. The maximum absolute atomic E-state index is 11.8. The van der Waals surface area contributed by atoms with E-state index < -0.39 is 5.97 Å². The smallest absolute Gasteiger partial charge is 0.421 e. The Kier molecular flexibility index (Phi) is 13.3. The van der Waals surface area contributed by atoms with Crippen molar-refractivity contribution in [3.05, 3.63) is 47.5 Å². The van der Waals surface area contributed by atoms with Crippen LogP contribution in [0.2, 0.25) is 0 Å². The van der Waals surface area contributed by atoms with E-state index in [0.29, 0.717) is 39.6 Å². The summed E-state index contributed by atoms with van der Waals surface area (Å²) >= 11 is 0. The number of hydrogen-bond acceptors (Lipinski definition) is 6. The van der Waals surface area contributed by atoms with Crippen molar-refractivity contribution in [2.75, 3.05) is 60.0 Å². The Bertz CT molecular complexity index is 599. The van der Waals surface area contributed by atoms with E-state index in [9.17, 15) is 4.79 Å². The van der Waals surface area contributed by atoms with Crippen molar-refractivity contribution in [3.8, 4) is 0 Å². The van der Waals surface area contributed by atoms with E-state index in [4.69, 9.17) is 29.2 Å². The molecular formula is C19H26N2O6. The predicted octanol–water partition coefficient (Wildman–Crippen LogP) is 1.61. The van der Waals surface area contributed by atoms with Gasteiger partial charge in [-0.3, -0.25) is 0 Å². The van der Waals surface area contributed by atoms with Crippen molar-refractivity contribution in [1.82, 2.24) is 0 Å².